The van der Waals surface area contributed by atoms with Crippen molar-refractivity contribution < 1.29 is 8.42 Å². The van der Waals surface area contributed by atoms with Gasteiger partial charge in [0.2, 0.25) is 10.0 Å². The minimum atomic E-state index is -3.24. The predicted octanol–water partition coefficient (Wildman–Crippen LogP) is 2.80. The molecule has 0 saturated carbocycles. The first-order valence-corrected chi connectivity index (χ1v) is 8.30. The van der Waals surface area contributed by atoms with Gasteiger partial charge in [0.1, 0.15) is 0 Å². The van der Waals surface area contributed by atoms with Gasteiger partial charge in [0, 0.05) is 24.3 Å². The number of benzene rings is 1. The maximum absolute atomic E-state index is 11.1. The minimum absolute atomic E-state index is 0.0411. The number of hydrogen-bond acceptors (Lipinski definition) is 4. The Kier molecular flexibility index (Phi) is 5.40. The van der Waals surface area contributed by atoms with E-state index in [4.69, 9.17) is 5.26 Å². The molecule has 1 aromatic rings. The molecule has 0 radical (unpaired) electrons. The molecule has 0 unspecified atom stereocenters. The van der Waals surface area contributed by atoms with E-state index in [0.717, 1.165) is 24.9 Å². The van der Waals surface area contributed by atoms with E-state index < -0.39 is 10.0 Å². The van der Waals surface area contributed by atoms with Gasteiger partial charge in [0.15, 0.2) is 0 Å². The summed E-state index contributed by atoms with van der Waals surface area (Å²) in [6.07, 6.45) is 2.51. The number of rotatable bonds is 7. The van der Waals surface area contributed by atoms with Crippen LogP contribution in [0.4, 0.5) is 11.4 Å². The molecule has 0 bridgehead atoms. The lowest BCUT2D eigenvalue weighted by Gasteiger charge is -2.24. The first-order valence-electron chi connectivity index (χ1n) is 6.40. The van der Waals surface area contributed by atoms with Crippen LogP contribution in [0.15, 0.2) is 24.3 Å². The van der Waals surface area contributed by atoms with Crippen LogP contribution in [0.25, 0.3) is 0 Å². The third-order valence-corrected chi connectivity index (χ3v) is 3.48. The maximum atomic E-state index is 11.1. The average molecular weight is 295 g/mol. The Labute approximate surface area is 121 Å². The van der Waals surface area contributed by atoms with Crippen LogP contribution in [0.3, 0.4) is 0 Å². The molecule has 0 fully saturated rings. The van der Waals surface area contributed by atoms with Crippen molar-refractivity contribution in [2.45, 2.75) is 26.7 Å². The smallest absolute Gasteiger partial charge is 0.229 e. The van der Waals surface area contributed by atoms with E-state index >= 15 is 0 Å². The van der Waals surface area contributed by atoms with Crippen molar-refractivity contribution in [3.05, 3.63) is 24.3 Å². The molecule has 0 heterocycles. The van der Waals surface area contributed by atoms with Crippen molar-refractivity contribution in [3.63, 3.8) is 0 Å². The summed E-state index contributed by atoms with van der Waals surface area (Å²) < 4.78 is 24.6. The van der Waals surface area contributed by atoms with E-state index in [1.165, 1.54) is 0 Å². The molecule has 20 heavy (non-hydrogen) atoms. The van der Waals surface area contributed by atoms with Crippen molar-refractivity contribution in [2.24, 2.45) is 5.41 Å². The van der Waals surface area contributed by atoms with E-state index in [-0.39, 0.29) is 5.41 Å². The zero-order chi connectivity index (χ0) is 15.2. The lowest BCUT2D eigenvalue weighted by atomic mass is 9.88. The fourth-order valence-electron chi connectivity index (χ4n) is 1.69. The normalized spacial score (nSPS) is 11.7. The van der Waals surface area contributed by atoms with Gasteiger partial charge in [-0.2, -0.15) is 5.26 Å². The molecule has 0 amide bonds. The van der Waals surface area contributed by atoms with Crippen molar-refractivity contribution >= 4 is 21.4 Å². The van der Waals surface area contributed by atoms with E-state index in [0.29, 0.717) is 12.1 Å². The first-order chi connectivity index (χ1) is 9.22. The fraction of sp³-hybridized carbons (Fsp3) is 0.500. The summed E-state index contributed by atoms with van der Waals surface area (Å²) in [6, 6.07) is 9.24. The highest BCUT2D eigenvalue weighted by atomic mass is 32.2. The molecule has 0 aliphatic heterocycles. The standard InChI is InChI=1S/C14H21N3O2S/c1-14(2,9-4-10-15)11-16-12-5-7-13(8-6-12)17-20(3,18)19/h5-8,16-17H,4,9,11H2,1-3H3. The van der Waals surface area contributed by atoms with Crippen LogP contribution >= 0.6 is 0 Å². The monoisotopic (exact) mass is 295 g/mol. The number of hydrogen-bond donors (Lipinski definition) is 2. The van der Waals surface area contributed by atoms with Gasteiger partial charge in [-0.1, -0.05) is 13.8 Å². The van der Waals surface area contributed by atoms with Crippen LogP contribution in [0.1, 0.15) is 26.7 Å². The number of nitrogens with one attached hydrogen (secondary N) is 2. The van der Waals surface area contributed by atoms with Gasteiger partial charge in [-0.25, -0.2) is 8.42 Å². The lowest BCUT2D eigenvalue weighted by Crippen LogP contribution is -2.22. The summed E-state index contributed by atoms with van der Waals surface area (Å²) in [5.41, 5.74) is 1.51. The van der Waals surface area contributed by atoms with Gasteiger partial charge < -0.3 is 5.32 Å². The van der Waals surface area contributed by atoms with Gasteiger partial charge >= 0.3 is 0 Å². The first kappa shape index (κ1) is 16.3. The number of sulfonamides is 1. The van der Waals surface area contributed by atoms with Crippen LogP contribution in [0.5, 0.6) is 0 Å². The van der Waals surface area contributed by atoms with Crippen LogP contribution in [0, 0.1) is 16.7 Å². The average Bonchev–Trinajstić information content (AvgIpc) is 2.34. The number of anilines is 2. The molecule has 110 valence electrons. The summed E-state index contributed by atoms with van der Waals surface area (Å²) in [5, 5.41) is 11.9. The van der Waals surface area contributed by atoms with Crippen molar-refractivity contribution in [2.75, 3.05) is 22.8 Å². The third kappa shape index (κ3) is 6.43. The number of nitrogens with zero attached hydrogens (tertiary/aromatic N) is 1. The highest BCUT2D eigenvalue weighted by molar-refractivity contribution is 7.92. The van der Waals surface area contributed by atoms with Crippen LogP contribution in [-0.4, -0.2) is 21.2 Å². The molecular formula is C14H21N3O2S. The van der Waals surface area contributed by atoms with Gasteiger partial charge in [-0.15, -0.1) is 0 Å². The van der Waals surface area contributed by atoms with Gasteiger partial charge in [0.25, 0.3) is 0 Å². The molecule has 0 atom stereocenters. The van der Waals surface area contributed by atoms with Crippen molar-refractivity contribution in [1.29, 1.82) is 5.26 Å². The van der Waals surface area contributed by atoms with E-state index in [9.17, 15) is 8.42 Å². The highest BCUT2D eigenvalue weighted by Gasteiger charge is 2.16. The molecule has 1 rings (SSSR count). The second kappa shape index (κ2) is 6.62. The minimum Gasteiger partial charge on any atom is -0.385 e. The zero-order valence-electron chi connectivity index (χ0n) is 12.1. The summed E-state index contributed by atoms with van der Waals surface area (Å²) in [6.45, 7) is 4.97. The summed E-state index contributed by atoms with van der Waals surface area (Å²) in [5.74, 6) is 0. The summed E-state index contributed by atoms with van der Waals surface area (Å²) >= 11 is 0. The van der Waals surface area contributed by atoms with E-state index in [1.807, 2.05) is 12.1 Å². The second-order valence-electron chi connectivity index (χ2n) is 5.63. The number of nitriles is 1. The van der Waals surface area contributed by atoms with Crippen LogP contribution < -0.4 is 10.0 Å². The Hall–Kier alpha value is -1.74. The molecule has 0 spiro atoms. The molecule has 1 aromatic carbocycles. The van der Waals surface area contributed by atoms with Gasteiger partial charge in [-0.3, -0.25) is 4.72 Å². The Morgan fingerprint density at radius 1 is 1.20 bits per heavy atom. The SMILES string of the molecule is CC(C)(CCC#N)CNc1ccc(NS(C)(=O)=O)cc1. The molecule has 0 aliphatic rings. The predicted molar refractivity (Wildman–Crippen MR) is 82.0 cm³/mol. The van der Waals surface area contributed by atoms with E-state index in [2.05, 4.69) is 30.0 Å². The highest BCUT2D eigenvalue weighted by Crippen LogP contribution is 2.23. The van der Waals surface area contributed by atoms with Crippen LogP contribution in [0.2, 0.25) is 0 Å². The van der Waals surface area contributed by atoms with Crippen molar-refractivity contribution in [1.82, 2.24) is 0 Å². The van der Waals surface area contributed by atoms with Crippen molar-refractivity contribution in [3.8, 4) is 6.07 Å². The molecule has 0 aromatic heterocycles. The second-order valence-corrected chi connectivity index (χ2v) is 7.38. The molecule has 6 heteroatoms. The Morgan fingerprint density at radius 3 is 2.25 bits per heavy atom. The van der Waals surface area contributed by atoms with Gasteiger partial charge in [-0.05, 0) is 36.1 Å². The molecule has 0 aliphatic carbocycles. The zero-order valence-corrected chi connectivity index (χ0v) is 12.9. The topological polar surface area (TPSA) is 82.0 Å². The largest absolute Gasteiger partial charge is 0.385 e. The van der Waals surface area contributed by atoms with Gasteiger partial charge in [0.05, 0.1) is 12.3 Å². The molecule has 0 saturated heterocycles. The Morgan fingerprint density at radius 2 is 1.75 bits per heavy atom. The van der Waals surface area contributed by atoms with Crippen LogP contribution in [-0.2, 0) is 10.0 Å². The Balaban J connectivity index is 2.56. The summed E-state index contributed by atoms with van der Waals surface area (Å²) in [7, 11) is -3.24. The molecule has 5 nitrogen and oxygen atoms in total. The third-order valence-electron chi connectivity index (χ3n) is 2.87. The summed E-state index contributed by atoms with van der Waals surface area (Å²) in [4.78, 5) is 0. The Bertz CT molecular complexity index is 571. The lowest BCUT2D eigenvalue weighted by molar-refractivity contribution is 0.364. The molecule has 2 N–H and O–H groups in total. The quantitative estimate of drug-likeness (QED) is 0.810. The molecular weight excluding hydrogens is 274 g/mol. The maximum Gasteiger partial charge on any atom is 0.229 e. The fourth-order valence-corrected chi connectivity index (χ4v) is 2.26. The van der Waals surface area contributed by atoms with E-state index in [1.54, 1.807) is 12.1 Å².